The number of methoxy groups -OCH3 is 2. The van der Waals surface area contributed by atoms with Crippen molar-refractivity contribution in [3.05, 3.63) is 114 Å². The molecule has 0 radical (unpaired) electrons. The molecule has 10 nitrogen and oxygen atoms in total. The molecule has 0 unspecified atom stereocenters. The summed E-state index contributed by atoms with van der Waals surface area (Å²) < 4.78 is 46.4. The van der Waals surface area contributed by atoms with Crippen LogP contribution in [0.15, 0.2) is 102 Å². The average Bonchev–Trinajstić information content (AvgIpc) is 3.09. The number of carbonyl (C=O) groups is 2. The maximum Gasteiger partial charge on any atom is 0.264 e. The van der Waals surface area contributed by atoms with Crippen molar-refractivity contribution < 1.29 is 32.2 Å². The van der Waals surface area contributed by atoms with Gasteiger partial charge in [-0.15, -0.1) is 0 Å². The molecule has 0 aliphatic carbocycles. The van der Waals surface area contributed by atoms with Gasteiger partial charge in [-0.05, 0) is 87.7 Å². The van der Waals surface area contributed by atoms with E-state index in [1.807, 2.05) is 89.2 Å². The SMILES string of the molecule is CCOc1ccc(N(CC(=O)N(Cc2ccccc2C)[C@@H](Cc2ccccc2)C(=O)NC(C)(C)C)S(=O)(=O)c2ccc(OC)c(OC)c2)cc1. The summed E-state index contributed by atoms with van der Waals surface area (Å²) in [6, 6.07) is 26.9. The Morgan fingerprint density at radius 1 is 0.840 bits per heavy atom. The minimum atomic E-state index is -4.37. The quantitative estimate of drug-likeness (QED) is 0.158. The topological polar surface area (TPSA) is 114 Å². The zero-order valence-corrected chi connectivity index (χ0v) is 30.6. The third-order valence-electron chi connectivity index (χ3n) is 8.03. The maximum absolute atomic E-state index is 14.8. The summed E-state index contributed by atoms with van der Waals surface area (Å²) in [6.07, 6.45) is 0.214. The molecule has 0 bridgehead atoms. The van der Waals surface area contributed by atoms with Gasteiger partial charge in [-0.25, -0.2) is 8.42 Å². The van der Waals surface area contributed by atoms with E-state index in [-0.39, 0.29) is 35.2 Å². The summed E-state index contributed by atoms with van der Waals surface area (Å²) in [6.45, 7) is 9.33. The summed E-state index contributed by atoms with van der Waals surface area (Å²) in [5, 5.41) is 3.05. The molecule has 4 aromatic rings. The molecule has 0 saturated carbocycles. The van der Waals surface area contributed by atoms with E-state index in [9.17, 15) is 18.0 Å². The molecule has 0 aliphatic rings. The van der Waals surface area contributed by atoms with Crippen molar-refractivity contribution in [1.82, 2.24) is 10.2 Å². The molecular formula is C39H47N3O7S. The van der Waals surface area contributed by atoms with Crippen molar-refractivity contribution in [1.29, 1.82) is 0 Å². The first-order valence-electron chi connectivity index (χ1n) is 16.4. The van der Waals surface area contributed by atoms with Gasteiger partial charge in [0.1, 0.15) is 18.3 Å². The minimum Gasteiger partial charge on any atom is -0.494 e. The number of hydrogen-bond donors (Lipinski definition) is 1. The number of hydrogen-bond acceptors (Lipinski definition) is 7. The molecule has 11 heteroatoms. The second-order valence-electron chi connectivity index (χ2n) is 12.8. The Hall–Kier alpha value is -5.03. The highest BCUT2D eigenvalue weighted by Gasteiger charge is 2.36. The third-order valence-corrected chi connectivity index (χ3v) is 9.80. The van der Waals surface area contributed by atoms with Crippen LogP contribution in [0.3, 0.4) is 0 Å². The number of ether oxygens (including phenoxy) is 3. The van der Waals surface area contributed by atoms with Gasteiger partial charge in [-0.3, -0.25) is 13.9 Å². The van der Waals surface area contributed by atoms with E-state index < -0.39 is 34.1 Å². The van der Waals surface area contributed by atoms with Crippen molar-refractivity contribution in [3.8, 4) is 17.2 Å². The molecule has 2 amide bonds. The lowest BCUT2D eigenvalue weighted by molar-refractivity contribution is -0.140. The Balaban J connectivity index is 1.86. The summed E-state index contributed by atoms with van der Waals surface area (Å²) in [4.78, 5) is 30.3. The Kier molecular flexibility index (Phi) is 12.5. The lowest BCUT2D eigenvalue weighted by Crippen LogP contribution is -2.56. The van der Waals surface area contributed by atoms with Crippen molar-refractivity contribution >= 4 is 27.5 Å². The monoisotopic (exact) mass is 701 g/mol. The molecule has 0 heterocycles. The fourth-order valence-electron chi connectivity index (χ4n) is 5.49. The highest BCUT2D eigenvalue weighted by Crippen LogP contribution is 2.33. The molecule has 0 spiro atoms. The predicted molar refractivity (Wildman–Crippen MR) is 195 cm³/mol. The van der Waals surface area contributed by atoms with Gasteiger partial charge in [0.05, 0.1) is 31.4 Å². The first-order valence-corrected chi connectivity index (χ1v) is 17.9. The molecule has 4 aromatic carbocycles. The largest absolute Gasteiger partial charge is 0.494 e. The van der Waals surface area contributed by atoms with E-state index in [1.54, 1.807) is 24.3 Å². The average molecular weight is 702 g/mol. The first-order chi connectivity index (χ1) is 23.8. The minimum absolute atomic E-state index is 0.0775. The van der Waals surface area contributed by atoms with Gasteiger partial charge in [-0.2, -0.15) is 0 Å². The van der Waals surface area contributed by atoms with Gasteiger partial charge < -0.3 is 24.4 Å². The third kappa shape index (κ3) is 9.56. The van der Waals surface area contributed by atoms with Gasteiger partial charge in [0, 0.05) is 24.6 Å². The van der Waals surface area contributed by atoms with Crippen LogP contribution in [-0.4, -0.2) is 64.1 Å². The fraction of sp³-hybridized carbons (Fsp3) is 0.333. The zero-order chi connectivity index (χ0) is 36.5. The summed E-state index contributed by atoms with van der Waals surface area (Å²) in [5.41, 5.74) is 2.27. The molecule has 1 atom stereocenters. The molecule has 0 saturated heterocycles. The number of rotatable bonds is 15. The molecule has 0 aliphatic heterocycles. The smallest absolute Gasteiger partial charge is 0.264 e. The zero-order valence-electron chi connectivity index (χ0n) is 29.8. The molecule has 1 N–H and O–H groups in total. The Morgan fingerprint density at radius 2 is 1.48 bits per heavy atom. The fourth-order valence-corrected chi connectivity index (χ4v) is 6.92. The molecule has 0 fully saturated rings. The van der Waals surface area contributed by atoms with Crippen LogP contribution in [0.4, 0.5) is 5.69 Å². The maximum atomic E-state index is 14.8. The Labute approximate surface area is 296 Å². The number of aryl methyl sites for hydroxylation is 1. The number of nitrogens with one attached hydrogen (secondary N) is 1. The number of benzene rings is 4. The molecule has 4 rings (SSSR count). The van der Waals surface area contributed by atoms with Gasteiger partial charge in [-0.1, -0.05) is 54.6 Å². The second-order valence-corrected chi connectivity index (χ2v) is 14.7. The number of anilines is 1. The lowest BCUT2D eigenvalue weighted by Gasteiger charge is -2.35. The van der Waals surface area contributed by atoms with E-state index in [2.05, 4.69) is 5.32 Å². The van der Waals surface area contributed by atoms with E-state index >= 15 is 0 Å². The predicted octanol–water partition coefficient (Wildman–Crippen LogP) is 6.16. The summed E-state index contributed by atoms with van der Waals surface area (Å²) in [5.74, 6) is 0.214. The van der Waals surface area contributed by atoms with Crippen LogP contribution in [-0.2, 0) is 32.6 Å². The highest BCUT2D eigenvalue weighted by molar-refractivity contribution is 7.92. The van der Waals surface area contributed by atoms with Crippen molar-refractivity contribution in [2.24, 2.45) is 0 Å². The van der Waals surface area contributed by atoms with Crippen LogP contribution in [0, 0.1) is 6.92 Å². The van der Waals surface area contributed by atoms with Crippen LogP contribution < -0.4 is 23.8 Å². The van der Waals surface area contributed by atoms with Gasteiger partial charge >= 0.3 is 0 Å². The van der Waals surface area contributed by atoms with Gasteiger partial charge in [0.15, 0.2) is 11.5 Å². The van der Waals surface area contributed by atoms with Gasteiger partial charge in [0.25, 0.3) is 10.0 Å². The van der Waals surface area contributed by atoms with Crippen LogP contribution in [0.5, 0.6) is 17.2 Å². The summed E-state index contributed by atoms with van der Waals surface area (Å²) in [7, 11) is -1.49. The summed E-state index contributed by atoms with van der Waals surface area (Å²) >= 11 is 0. The lowest BCUT2D eigenvalue weighted by atomic mass is 10.00. The highest BCUT2D eigenvalue weighted by atomic mass is 32.2. The van der Waals surface area contributed by atoms with E-state index in [1.165, 1.54) is 37.3 Å². The van der Waals surface area contributed by atoms with Crippen LogP contribution >= 0.6 is 0 Å². The van der Waals surface area contributed by atoms with E-state index in [4.69, 9.17) is 14.2 Å². The number of sulfonamides is 1. The number of carbonyl (C=O) groups excluding carboxylic acids is 2. The molecule has 50 heavy (non-hydrogen) atoms. The Morgan fingerprint density at radius 3 is 2.08 bits per heavy atom. The van der Waals surface area contributed by atoms with Crippen LogP contribution in [0.1, 0.15) is 44.4 Å². The number of nitrogens with zero attached hydrogens (tertiary/aromatic N) is 2. The number of amides is 2. The van der Waals surface area contributed by atoms with Crippen LogP contribution in [0.25, 0.3) is 0 Å². The Bertz CT molecular complexity index is 1860. The molecule has 266 valence electrons. The van der Waals surface area contributed by atoms with Crippen LogP contribution in [0.2, 0.25) is 0 Å². The van der Waals surface area contributed by atoms with Gasteiger partial charge in [0.2, 0.25) is 11.8 Å². The van der Waals surface area contributed by atoms with E-state index in [0.29, 0.717) is 18.1 Å². The van der Waals surface area contributed by atoms with E-state index in [0.717, 1.165) is 21.0 Å². The van der Waals surface area contributed by atoms with Crippen molar-refractivity contribution in [2.75, 3.05) is 31.7 Å². The second kappa shape index (κ2) is 16.6. The normalized spacial score (nSPS) is 12.1. The molecule has 0 aromatic heterocycles. The first kappa shape index (κ1) is 37.8. The molecular weight excluding hydrogens is 655 g/mol. The standard InChI is InChI=1S/C39H47N3O7S/c1-8-49-32-20-18-31(19-21-32)42(50(45,46)33-22-23-35(47-6)36(25-33)48-7)27-37(43)41(26-30-17-13-12-14-28(30)2)34(38(44)40-39(3,4)5)24-29-15-10-9-11-16-29/h9-23,25,34H,8,24,26-27H2,1-7H3,(H,40,44)/t34-/m0/s1. The van der Waals surface area contributed by atoms with Crippen molar-refractivity contribution in [3.63, 3.8) is 0 Å². The van der Waals surface area contributed by atoms with Crippen molar-refractivity contribution in [2.45, 2.75) is 64.1 Å².